The van der Waals surface area contributed by atoms with Crippen LogP contribution >= 0.6 is 0 Å². The molecule has 0 bridgehead atoms. The van der Waals surface area contributed by atoms with Crippen LogP contribution in [0, 0.1) is 13.8 Å². The number of amides is 2. The fourth-order valence-electron chi connectivity index (χ4n) is 3.03. The first-order chi connectivity index (χ1) is 12.5. The second kappa shape index (κ2) is 7.99. The van der Waals surface area contributed by atoms with Crippen LogP contribution < -0.4 is 15.4 Å². The van der Waals surface area contributed by atoms with Gasteiger partial charge in [0, 0.05) is 37.2 Å². The minimum absolute atomic E-state index is 0.0133. The van der Waals surface area contributed by atoms with Crippen LogP contribution in [0.1, 0.15) is 36.0 Å². The highest BCUT2D eigenvalue weighted by atomic mass is 16.5. The summed E-state index contributed by atoms with van der Waals surface area (Å²) in [4.78, 5) is 27.7. The Kier molecular flexibility index (Phi) is 5.51. The largest absolute Gasteiger partial charge is 0.438 e. The van der Waals surface area contributed by atoms with Crippen LogP contribution in [0.4, 0.5) is 0 Å². The molecule has 1 aliphatic heterocycles. The Morgan fingerprint density at radius 3 is 2.73 bits per heavy atom. The van der Waals surface area contributed by atoms with Gasteiger partial charge in [-0.15, -0.1) is 0 Å². The molecule has 6 nitrogen and oxygen atoms in total. The number of hydrogen-bond acceptors (Lipinski definition) is 4. The van der Waals surface area contributed by atoms with Crippen molar-refractivity contribution in [2.75, 3.05) is 0 Å². The summed E-state index contributed by atoms with van der Waals surface area (Å²) in [6.07, 6.45) is 3.16. The Morgan fingerprint density at radius 1 is 1.27 bits per heavy atom. The number of rotatable bonds is 6. The number of benzene rings is 1. The van der Waals surface area contributed by atoms with Crippen LogP contribution in [0.5, 0.6) is 11.6 Å². The zero-order valence-electron chi connectivity index (χ0n) is 15.0. The maximum atomic E-state index is 12.1. The number of para-hydroxylation sites is 1. The molecule has 2 N–H and O–H groups in total. The van der Waals surface area contributed by atoms with E-state index in [-0.39, 0.29) is 17.9 Å². The highest BCUT2D eigenvalue weighted by molar-refractivity contribution is 5.81. The molecule has 2 amide bonds. The number of aryl methyl sites for hydroxylation is 2. The van der Waals surface area contributed by atoms with E-state index in [1.807, 2.05) is 44.2 Å². The average Bonchev–Trinajstić information content (AvgIpc) is 3.02. The van der Waals surface area contributed by atoms with Crippen LogP contribution in [-0.4, -0.2) is 22.8 Å². The zero-order valence-corrected chi connectivity index (χ0v) is 15.0. The molecular formula is C20H23N3O3. The van der Waals surface area contributed by atoms with Crippen molar-refractivity contribution in [3.63, 3.8) is 0 Å². The van der Waals surface area contributed by atoms with Gasteiger partial charge in [-0.3, -0.25) is 9.59 Å². The highest BCUT2D eigenvalue weighted by Gasteiger charge is 2.23. The van der Waals surface area contributed by atoms with Crippen molar-refractivity contribution in [2.45, 2.75) is 45.7 Å². The fourth-order valence-corrected chi connectivity index (χ4v) is 3.03. The van der Waals surface area contributed by atoms with Crippen LogP contribution in [0.25, 0.3) is 0 Å². The number of nitrogens with one attached hydrogen (secondary N) is 2. The Morgan fingerprint density at radius 2 is 2.04 bits per heavy atom. The van der Waals surface area contributed by atoms with E-state index < -0.39 is 0 Å². The molecule has 1 aromatic carbocycles. The van der Waals surface area contributed by atoms with Crippen molar-refractivity contribution >= 4 is 11.8 Å². The van der Waals surface area contributed by atoms with Gasteiger partial charge >= 0.3 is 0 Å². The molecular weight excluding hydrogens is 330 g/mol. The first-order valence-corrected chi connectivity index (χ1v) is 8.77. The van der Waals surface area contributed by atoms with E-state index in [9.17, 15) is 9.59 Å². The number of carbonyl (C=O) groups excluding carboxylic acids is 2. The van der Waals surface area contributed by atoms with Crippen LogP contribution in [0.15, 0.2) is 36.5 Å². The number of carbonyl (C=O) groups is 2. The van der Waals surface area contributed by atoms with Crippen molar-refractivity contribution in [1.29, 1.82) is 0 Å². The molecule has 0 unspecified atom stereocenters. The van der Waals surface area contributed by atoms with Crippen LogP contribution in [0.3, 0.4) is 0 Å². The Hall–Kier alpha value is -2.89. The highest BCUT2D eigenvalue weighted by Crippen LogP contribution is 2.29. The smallest absolute Gasteiger partial charge is 0.224 e. The number of pyridine rings is 1. The van der Waals surface area contributed by atoms with E-state index in [1.165, 1.54) is 0 Å². The van der Waals surface area contributed by atoms with E-state index in [0.717, 1.165) is 22.4 Å². The normalized spacial score (nSPS) is 16.2. The topological polar surface area (TPSA) is 80.3 Å². The summed E-state index contributed by atoms with van der Waals surface area (Å²) in [5.41, 5.74) is 2.86. The lowest BCUT2D eigenvalue weighted by molar-refractivity contribution is -0.121. The Balaban J connectivity index is 1.64. The summed E-state index contributed by atoms with van der Waals surface area (Å²) in [7, 11) is 0. The van der Waals surface area contributed by atoms with Crippen molar-refractivity contribution in [2.24, 2.45) is 0 Å². The fraction of sp³-hybridized carbons (Fsp3) is 0.350. The van der Waals surface area contributed by atoms with Gasteiger partial charge in [0.05, 0.1) is 0 Å². The predicted molar refractivity (Wildman–Crippen MR) is 97.9 cm³/mol. The lowest BCUT2D eigenvalue weighted by Gasteiger charge is -2.15. The molecule has 3 rings (SSSR count). The van der Waals surface area contributed by atoms with Crippen molar-refractivity contribution in [1.82, 2.24) is 15.6 Å². The van der Waals surface area contributed by atoms with Crippen molar-refractivity contribution < 1.29 is 14.3 Å². The average molecular weight is 353 g/mol. The number of ether oxygens (including phenoxy) is 1. The van der Waals surface area contributed by atoms with E-state index in [2.05, 4.69) is 15.6 Å². The standard InChI is InChI=1S/C20H23N3O3/c1-13-5-3-6-14(2)19(13)26-20-15(7-4-10-21-20)12-22-18(25)11-16-8-9-17(24)23-16/h3-7,10,16H,8-9,11-12H2,1-2H3,(H,22,25)(H,23,24)/t16-/m0/s1. The van der Waals surface area contributed by atoms with Gasteiger partial charge in [-0.05, 0) is 37.5 Å². The third kappa shape index (κ3) is 4.39. The lowest BCUT2D eigenvalue weighted by atomic mass is 10.1. The van der Waals surface area contributed by atoms with Gasteiger partial charge in [-0.25, -0.2) is 4.98 Å². The zero-order chi connectivity index (χ0) is 18.5. The Bertz CT molecular complexity index is 799. The number of nitrogens with zero attached hydrogens (tertiary/aromatic N) is 1. The predicted octanol–water partition coefficient (Wildman–Crippen LogP) is 2.78. The summed E-state index contributed by atoms with van der Waals surface area (Å²) in [5, 5.41) is 5.69. The summed E-state index contributed by atoms with van der Waals surface area (Å²) < 4.78 is 6.03. The van der Waals surface area contributed by atoms with Gasteiger partial charge < -0.3 is 15.4 Å². The van der Waals surface area contributed by atoms with Crippen molar-refractivity contribution in [3.8, 4) is 11.6 Å². The van der Waals surface area contributed by atoms with Gasteiger partial charge in [-0.2, -0.15) is 0 Å². The third-order valence-electron chi connectivity index (χ3n) is 4.45. The maximum Gasteiger partial charge on any atom is 0.224 e. The summed E-state index contributed by atoms with van der Waals surface area (Å²) in [6.45, 7) is 4.30. The molecule has 26 heavy (non-hydrogen) atoms. The minimum Gasteiger partial charge on any atom is -0.438 e. The van der Waals surface area contributed by atoms with Gasteiger partial charge in [-0.1, -0.05) is 24.3 Å². The first kappa shape index (κ1) is 17.9. The quantitative estimate of drug-likeness (QED) is 0.837. The number of aromatic nitrogens is 1. The monoisotopic (exact) mass is 353 g/mol. The maximum absolute atomic E-state index is 12.1. The molecule has 0 aliphatic carbocycles. The van der Waals surface area contributed by atoms with E-state index in [4.69, 9.17) is 4.74 Å². The van der Waals surface area contributed by atoms with Gasteiger partial charge in [0.25, 0.3) is 0 Å². The SMILES string of the molecule is Cc1cccc(C)c1Oc1ncccc1CNC(=O)C[C@@H]1CCC(=O)N1. The molecule has 0 saturated carbocycles. The molecule has 1 fully saturated rings. The van der Waals surface area contributed by atoms with Crippen LogP contribution in [0.2, 0.25) is 0 Å². The van der Waals surface area contributed by atoms with Gasteiger partial charge in [0.15, 0.2) is 0 Å². The molecule has 1 saturated heterocycles. The molecule has 1 aromatic heterocycles. The minimum atomic E-state index is -0.0981. The molecule has 1 aliphatic rings. The summed E-state index contributed by atoms with van der Waals surface area (Å²) in [6, 6.07) is 9.59. The molecule has 0 spiro atoms. The Labute approximate surface area is 153 Å². The first-order valence-electron chi connectivity index (χ1n) is 8.77. The molecule has 2 aromatic rings. The second-order valence-electron chi connectivity index (χ2n) is 6.57. The molecule has 6 heteroatoms. The van der Waals surface area contributed by atoms with E-state index >= 15 is 0 Å². The van der Waals surface area contributed by atoms with Gasteiger partial charge in [0.1, 0.15) is 5.75 Å². The molecule has 1 atom stereocenters. The lowest BCUT2D eigenvalue weighted by Crippen LogP contribution is -2.33. The molecule has 0 radical (unpaired) electrons. The molecule has 136 valence electrons. The molecule has 2 heterocycles. The van der Waals surface area contributed by atoms with Crippen LogP contribution in [-0.2, 0) is 16.1 Å². The summed E-state index contributed by atoms with van der Waals surface area (Å²) in [5.74, 6) is 1.19. The second-order valence-corrected chi connectivity index (χ2v) is 6.57. The number of hydrogen-bond donors (Lipinski definition) is 2. The van der Waals surface area contributed by atoms with E-state index in [0.29, 0.717) is 31.7 Å². The van der Waals surface area contributed by atoms with Crippen molar-refractivity contribution in [3.05, 3.63) is 53.2 Å². The van der Waals surface area contributed by atoms with Gasteiger partial charge in [0.2, 0.25) is 17.7 Å². The summed E-state index contributed by atoms with van der Waals surface area (Å²) >= 11 is 0. The van der Waals surface area contributed by atoms with E-state index in [1.54, 1.807) is 6.20 Å². The third-order valence-corrected chi connectivity index (χ3v) is 4.45.